The average molecular weight is 147 g/mol. The third kappa shape index (κ3) is 1.76. The molecule has 0 saturated carbocycles. The van der Waals surface area contributed by atoms with Crippen LogP contribution in [0.3, 0.4) is 0 Å². The Kier molecular flexibility index (Phi) is 2.59. The van der Waals surface area contributed by atoms with Gasteiger partial charge in [0, 0.05) is 11.8 Å². The van der Waals surface area contributed by atoms with Gasteiger partial charge < -0.3 is 5.32 Å². The van der Waals surface area contributed by atoms with Crippen LogP contribution in [0.2, 0.25) is 0 Å². The quantitative estimate of drug-likeness (QED) is 0.614. The third-order valence-corrected chi connectivity index (χ3v) is 1.40. The van der Waals surface area contributed by atoms with Gasteiger partial charge in [0.1, 0.15) is 0 Å². The summed E-state index contributed by atoms with van der Waals surface area (Å²) in [7, 11) is 1.81. The number of terminal acetylenes is 1. The summed E-state index contributed by atoms with van der Waals surface area (Å²) in [6.45, 7) is 0. The molecule has 1 atom stereocenters. The first-order valence-electron chi connectivity index (χ1n) is 3.28. The maximum absolute atomic E-state index is 5.25. The summed E-state index contributed by atoms with van der Waals surface area (Å²) < 4.78 is 0. The first kappa shape index (κ1) is 7.70. The molecule has 1 rings (SSSR count). The topological polar surface area (TPSA) is 37.8 Å². The molecule has 0 aliphatic carbocycles. The minimum absolute atomic E-state index is 0.0644. The lowest BCUT2D eigenvalue weighted by Gasteiger charge is -2.06. The highest BCUT2D eigenvalue weighted by Crippen LogP contribution is 2.06. The molecule has 0 fully saturated rings. The Morgan fingerprint density at radius 2 is 2.45 bits per heavy atom. The molecule has 0 amide bonds. The molecule has 0 aliphatic heterocycles. The number of aromatic nitrogens is 2. The van der Waals surface area contributed by atoms with Crippen LogP contribution < -0.4 is 5.32 Å². The zero-order chi connectivity index (χ0) is 8.10. The second-order valence-corrected chi connectivity index (χ2v) is 2.06. The molecule has 11 heavy (non-hydrogen) atoms. The molecular formula is C8H9N3. The van der Waals surface area contributed by atoms with Crippen LogP contribution in [0.5, 0.6) is 0 Å². The first-order valence-corrected chi connectivity index (χ1v) is 3.28. The van der Waals surface area contributed by atoms with Crippen LogP contribution in [0.4, 0.5) is 0 Å². The number of nitrogens with zero attached hydrogens (tertiary/aromatic N) is 2. The summed E-state index contributed by atoms with van der Waals surface area (Å²) in [6.07, 6.45) is 8.53. The second-order valence-electron chi connectivity index (χ2n) is 2.06. The van der Waals surface area contributed by atoms with Crippen molar-refractivity contribution in [1.29, 1.82) is 0 Å². The lowest BCUT2D eigenvalue weighted by Crippen LogP contribution is -2.14. The maximum atomic E-state index is 5.25. The molecule has 0 bridgehead atoms. The number of hydrogen-bond donors (Lipinski definition) is 1. The van der Waals surface area contributed by atoms with Gasteiger partial charge >= 0.3 is 0 Å². The second kappa shape index (κ2) is 3.69. The van der Waals surface area contributed by atoms with E-state index in [1.165, 1.54) is 0 Å². The fraction of sp³-hybridized carbons (Fsp3) is 0.250. The van der Waals surface area contributed by atoms with Gasteiger partial charge in [-0.05, 0) is 13.1 Å². The number of hydrogen-bond acceptors (Lipinski definition) is 3. The molecule has 0 aromatic carbocycles. The zero-order valence-electron chi connectivity index (χ0n) is 6.28. The largest absolute Gasteiger partial charge is 0.303 e. The van der Waals surface area contributed by atoms with E-state index in [-0.39, 0.29) is 6.04 Å². The van der Waals surface area contributed by atoms with Gasteiger partial charge in [-0.3, -0.25) is 0 Å². The van der Waals surface area contributed by atoms with E-state index in [0.29, 0.717) is 0 Å². The van der Waals surface area contributed by atoms with Crippen molar-refractivity contribution in [1.82, 2.24) is 15.5 Å². The SMILES string of the molecule is C#CC(NC)c1ccnnc1. The van der Waals surface area contributed by atoms with E-state index < -0.39 is 0 Å². The number of rotatable bonds is 2. The van der Waals surface area contributed by atoms with E-state index >= 15 is 0 Å². The monoisotopic (exact) mass is 147 g/mol. The van der Waals surface area contributed by atoms with Gasteiger partial charge in [0.25, 0.3) is 0 Å². The molecule has 3 heteroatoms. The molecule has 1 heterocycles. The van der Waals surface area contributed by atoms with Gasteiger partial charge in [-0.25, -0.2) is 0 Å². The Morgan fingerprint density at radius 3 is 2.91 bits per heavy atom. The molecular weight excluding hydrogens is 138 g/mol. The van der Waals surface area contributed by atoms with Crippen molar-refractivity contribution in [3.05, 3.63) is 24.0 Å². The zero-order valence-corrected chi connectivity index (χ0v) is 6.28. The predicted molar refractivity (Wildman–Crippen MR) is 42.7 cm³/mol. The van der Waals surface area contributed by atoms with Crippen molar-refractivity contribution >= 4 is 0 Å². The summed E-state index contributed by atoms with van der Waals surface area (Å²) in [6, 6.07) is 1.78. The fourth-order valence-electron chi connectivity index (χ4n) is 0.818. The Hall–Kier alpha value is -1.40. The van der Waals surface area contributed by atoms with Crippen molar-refractivity contribution < 1.29 is 0 Å². The molecule has 1 N–H and O–H groups in total. The van der Waals surface area contributed by atoms with Crippen LogP contribution in [0.15, 0.2) is 18.5 Å². The highest BCUT2D eigenvalue weighted by Gasteiger charge is 2.02. The normalized spacial score (nSPS) is 12.0. The molecule has 0 radical (unpaired) electrons. The predicted octanol–water partition coefficient (Wildman–Crippen LogP) is 0.370. The van der Waals surface area contributed by atoms with Crippen LogP contribution in [-0.4, -0.2) is 17.2 Å². The van der Waals surface area contributed by atoms with Crippen molar-refractivity contribution in [2.24, 2.45) is 0 Å². The van der Waals surface area contributed by atoms with Crippen molar-refractivity contribution in [3.8, 4) is 12.3 Å². The Morgan fingerprint density at radius 1 is 1.64 bits per heavy atom. The minimum atomic E-state index is -0.0644. The van der Waals surface area contributed by atoms with E-state index in [9.17, 15) is 0 Å². The highest BCUT2D eigenvalue weighted by atomic mass is 15.1. The van der Waals surface area contributed by atoms with Crippen molar-refractivity contribution in [3.63, 3.8) is 0 Å². The van der Waals surface area contributed by atoms with E-state index in [4.69, 9.17) is 6.42 Å². The van der Waals surface area contributed by atoms with Crippen molar-refractivity contribution in [2.75, 3.05) is 7.05 Å². The molecule has 3 nitrogen and oxygen atoms in total. The van der Waals surface area contributed by atoms with Gasteiger partial charge in [0.2, 0.25) is 0 Å². The average Bonchev–Trinajstić information content (AvgIpc) is 2.09. The van der Waals surface area contributed by atoms with E-state index in [2.05, 4.69) is 21.4 Å². The molecule has 1 aromatic heterocycles. The van der Waals surface area contributed by atoms with E-state index in [0.717, 1.165) is 5.56 Å². The lowest BCUT2D eigenvalue weighted by molar-refractivity contribution is 0.728. The lowest BCUT2D eigenvalue weighted by atomic mass is 10.1. The Balaban J connectivity index is 2.85. The van der Waals surface area contributed by atoms with Gasteiger partial charge in [0.05, 0.1) is 12.2 Å². The van der Waals surface area contributed by atoms with Crippen LogP contribution in [0, 0.1) is 12.3 Å². The summed E-state index contributed by atoms with van der Waals surface area (Å²) in [5.41, 5.74) is 0.963. The molecule has 0 saturated heterocycles. The van der Waals surface area contributed by atoms with Crippen molar-refractivity contribution in [2.45, 2.75) is 6.04 Å². The Bertz CT molecular complexity index is 250. The van der Waals surface area contributed by atoms with Crippen LogP contribution in [0.25, 0.3) is 0 Å². The van der Waals surface area contributed by atoms with E-state index in [1.54, 1.807) is 12.4 Å². The summed E-state index contributed by atoms with van der Waals surface area (Å²) >= 11 is 0. The molecule has 1 unspecified atom stereocenters. The standard InChI is InChI=1S/C8H9N3/c1-3-8(9-2)7-4-5-10-11-6-7/h1,4-6,8-9H,2H3. The molecule has 56 valence electrons. The molecule has 0 spiro atoms. The van der Waals surface area contributed by atoms with Gasteiger partial charge in [-0.1, -0.05) is 5.92 Å². The highest BCUT2D eigenvalue weighted by molar-refractivity contribution is 5.20. The third-order valence-electron chi connectivity index (χ3n) is 1.40. The van der Waals surface area contributed by atoms with Crippen LogP contribution in [0.1, 0.15) is 11.6 Å². The van der Waals surface area contributed by atoms with Crippen LogP contribution >= 0.6 is 0 Å². The van der Waals surface area contributed by atoms with Gasteiger partial charge in [-0.2, -0.15) is 10.2 Å². The molecule has 0 aliphatic rings. The maximum Gasteiger partial charge on any atom is 0.0956 e. The minimum Gasteiger partial charge on any atom is -0.303 e. The smallest absolute Gasteiger partial charge is 0.0956 e. The van der Waals surface area contributed by atoms with E-state index in [1.807, 2.05) is 13.1 Å². The fourth-order valence-corrected chi connectivity index (χ4v) is 0.818. The summed E-state index contributed by atoms with van der Waals surface area (Å²) in [5.74, 6) is 2.59. The summed E-state index contributed by atoms with van der Waals surface area (Å²) in [4.78, 5) is 0. The van der Waals surface area contributed by atoms with Gasteiger partial charge in [0.15, 0.2) is 0 Å². The number of nitrogens with one attached hydrogen (secondary N) is 1. The first-order chi connectivity index (χ1) is 5.38. The van der Waals surface area contributed by atoms with Crippen LogP contribution in [-0.2, 0) is 0 Å². The van der Waals surface area contributed by atoms with Gasteiger partial charge in [-0.15, -0.1) is 6.42 Å². The summed E-state index contributed by atoms with van der Waals surface area (Å²) in [5, 5.41) is 10.3. The molecule has 1 aromatic rings. The Labute approximate surface area is 65.8 Å².